The lowest BCUT2D eigenvalue weighted by molar-refractivity contribution is -0.114. The van der Waals surface area contributed by atoms with Crippen molar-refractivity contribution in [2.45, 2.75) is 6.61 Å². The van der Waals surface area contributed by atoms with Gasteiger partial charge in [0.25, 0.3) is 11.9 Å². The van der Waals surface area contributed by atoms with Gasteiger partial charge in [-0.25, -0.2) is 18.7 Å². The van der Waals surface area contributed by atoms with E-state index in [1.807, 2.05) is 0 Å². The number of hydrogen-bond acceptors (Lipinski definition) is 8. The summed E-state index contributed by atoms with van der Waals surface area (Å²) in [4.78, 5) is 22.4. The molecule has 1 heterocycles. The topological polar surface area (TPSA) is 161 Å². The minimum atomic E-state index is -0.917. The van der Waals surface area contributed by atoms with Crippen LogP contribution in [-0.4, -0.2) is 35.9 Å². The summed E-state index contributed by atoms with van der Waals surface area (Å²) in [6.07, 6.45) is 3.48. The molecule has 0 aliphatic carbocycles. The maximum Gasteiger partial charge on any atom is 0.264 e. The highest BCUT2D eigenvalue weighted by Crippen LogP contribution is 2.31. The Kier molecular flexibility index (Phi) is 6.85. The SMILES string of the molecule is COc1cc(OC)c(F)c(COc2cnc(/N=C(N)\C=C(/N)C(N)=O)nc2)c1F. The van der Waals surface area contributed by atoms with Gasteiger partial charge in [-0.05, 0) is 0 Å². The average Bonchev–Trinajstić information content (AvgIpc) is 2.69. The zero-order chi connectivity index (χ0) is 21.6. The molecule has 1 aromatic carbocycles. The van der Waals surface area contributed by atoms with E-state index in [2.05, 4.69) is 15.0 Å². The first-order valence-corrected chi connectivity index (χ1v) is 7.91. The molecular formula is C17H18F2N6O4. The second-order valence-electron chi connectivity index (χ2n) is 5.40. The number of amidine groups is 1. The third-order valence-corrected chi connectivity index (χ3v) is 3.48. The van der Waals surface area contributed by atoms with E-state index in [1.165, 1.54) is 26.6 Å². The summed E-state index contributed by atoms with van der Waals surface area (Å²) in [7, 11) is 2.48. The molecule has 0 aliphatic heterocycles. The Morgan fingerprint density at radius 2 is 1.66 bits per heavy atom. The van der Waals surface area contributed by atoms with Crippen molar-refractivity contribution in [1.29, 1.82) is 0 Å². The van der Waals surface area contributed by atoms with Crippen LogP contribution in [0, 0.1) is 11.6 Å². The van der Waals surface area contributed by atoms with Crippen molar-refractivity contribution in [3.63, 3.8) is 0 Å². The monoisotopic (exact) mass is 408 g/mol. The molecule has 0 saturated heterocycles. The summed E-state index contributed by atoms with van der Waals surface area (Å²) in [5, 5.41) is 0. The fourth-order valence-electron chi connectivity index (χ4n) is 2.04. The van der Waals surface area contributed by atoms with Crippen molar-refractivity contribution in [3.05, 3.63) is 47.4 Å². The first-order valence-electron chi connectivity index (χ1n) is 7.91. The number of rotatable bonds is 8. The van der Waals surface area contributed by atoms with Crippen LogP contribution in [0.2, 0.25) is 0 Å². The van der Waals surface area contributed by atoms with Crippen LogP contribution in [0.5, 0.6) is 17.2 Å². The minimum absolute atomic E-state index is 0.0659. The highest BCUT2D eigenvalue weighted by molar-refractivity contribution is 6.01. The molecule has 12 heteroatoms. The van der Waals surface area contributed by atoms with Gasteiger partial charge in [0.15, 0.2) is 28.9 Å². The van der Waals surface area contributed by atoms with Gasteiger partial charge in [-0.2, -0.15) is 4.99 Å². The Balaban J connectivity index is 2.16. The molecular weight excluding hydrogens is 390 g/mol. The van der Waals surface area contributed by atoms with Crippen molar-refractivity contribution in [3.8, 4) is 17.2 Å². The number of benzene rings is 1. The molecule has 0 saturated carbocycles. The van der Waals surface area contributed by atoms with E-state index in [1.54, 1.807) is 0 Å². The van der Waals surface area contributed by atoms with Gasteiger partial charge in [0, 0.05) is 12.1 Å². The highest BCUT2D eigenvalue weighted by Gasteiger charge is 2.20. The molecule has 10 nitrogen and oxygen atoms in total. The lowest BCUT2D eigenvalue weighted by atomic mass is 10.1. The van der Waals surface area contributed by atoms with Crippen LogP contribution in [-0.2, 0) is 11.4 Å². The number of primary amides is 1. The van der Waals surface area contributed by atoms with E-state index in [-0.39, 0.29) is 40.3 Å². The molecule has 0 spiro atoms. The Bertz CT molecular complexity index is 935. The number of halogens is 2. The summed E-state index contributed by atoms with van der Waals surface area (Å²) in [6, 6.07) is 1.09. The molecule has 1 amide bonds. The van der Waals surface area contributed by atoms with Crippen molar-refractivity contribution in [1.82, 2.24) is 9.97 Å². The fourth-order valence-corrected chi connectivity index (χ4v) is 2.04. The molecule has 29 heavy (non-hydrogen) atoms. The van der Waals surface area contributed by atoms with Crippen LogP contribution in [0.25, 0.3) is 0 Å². The van der Waals surface area contributed by atoms with Gasteiger partial charge in [-0.1, -0.05) is 0 Å². The minimum Gasteiger partial charge on any atom is -0.494 e. The number of amides is 1. The standard InChI is InChI=1S/C17H18F2N6O4/c1-27-11-4-12(28-2)15(19)9(14(11)18)7-29-8-5-23-17(24-6-8)25-13(21)3-10(20)16(22)26/h3-6H,7,20H2,1-2H3,(H2,22,26)(H2,21,23,24,25)/b10-3-. The molecule has 154 valence electrons. The van der Waals surface area contributed by atoms with Crippen molar-refractivity contribution < 1.29 is 27.8 Å². The number of ether oxygens (including phenoxy) is 3. The van der Waals surface area contributed by atoms with Crippen LogP contribution < -0.4 is 31.4 Å². The van der Waals surface area contributed by atoms with Gasteiger partial charge < -0.3 is 31.4 Å². The third-order valence-electron chi connectivity index (χ3n) is 3.48. The highest BCUT2D eigenvalue weighted by atomic mass is 19.1. The zero-order valence-corrected chi connectivity index (χ0v) is 15.5. The quantitative estimate of drug-likeness (QED) is 0.326. The second kappa shape index (κ2) is 9.30. The number of aliphatic imine (C=N–C) groups is 1. The van der Waals surface area contributed by atoms with Crippen molar-refractivity contribution in [2.75, 3.05) is 14.2 Å². The molecule has 0 atom stereocenters. The van der Waals surface area contributed by atoms with Crippen molar-refractivity contribution in [2.24, 2.45) is 22.2 Å². The normalized spacial score (nSPS) is 11.9. The average molecular weight is 408 g/mol. The molecule has 0 unspecified atom stereocenters. The van der Waals surface area contributed by atoms with Gasteiger partial charge in [0.05, 0.1) is 32.2 Å². The van der Waals surface area contributed by atoms with Crippen molar-refractivity contribution >= 4 is 17.7 Å². The number of hydrogen-bond donors (Lipinski definition) is 3. The summed E-state index contributed by atoms with van der Waals surface area (Å²) in [6.45, 7) is -0.475. The van der Waals surface area contributed by atoms with Crippen LogP contribution in [0.3, 0.4) is 0 Å². The van der Waals surface area contributed by atoms with Crippen LogP contribution in [0.1, 0.15) is 5.56 Å². The molecule has 2 aromatic rings. The Morgan fingerprint density at radius 1 is 1.10 bits per heavy atom. The van der Waals surface area contributed by atoms with Gasteiger partial charge in [0.1, 0.15) is 18.1 Å². The Morgan fingerprint density at radius 3 is 2.14 bits per heavy atom. The predicted molar refractivity (Wildman–Crippen MR) is 98.6 cm³/mol. The second-order valence-corrected chi connectivity index (χ2v) is 5.40. The number of carbonyl (C=O) groups is 1. The van der Waals surface area contributed by atoms with Gasteiger partial charge in [0.2, 0.25) is 0 Å². The molecule has 1 aromatic heterocycles. The summed E-state index contributed by atoms with van der Waals surface area (Å²) in [5.41, 5.74) is 15.2. The van der Waals surface area contributed by atoms with Gasteiger partial charge >= 0.3 is 0 Å². The zero-order valence-electron chi connectivity index (χ0n) is 15.5. The molecule has 0 bridgehead atoms. The lowest BCUT2D eigenvalue weighted by Gasteiger charge is -2.13. The number of nitrogens with zero attached hydrogens (tertiary/aromatic N) is 3. The molecule has 0 radical (unpaired) electrons. The van der Waals surface area contributed by atoms with Crippen LogP contribution in [0.15, 0.2) is 35.2 Å². The van der Waals surface area contributed by atoms with E-state index in [9.17, 15) is 13.6 Å². The third kappa shape index (κ3) is 5.28. The molecule has 0 fully saturated rings. The Labute approximate surface area is 164 Å². The summed E-state index contributed by atoms with van der Waals surface area (Å²) in [5.74, 6) is -3.19. The molecule has 6 N–H and O–H groups in total. The smallest absolute Gasteiger partial charge is 0.264 e. The van der Waals surface area contributed by atoms with Crippen LogP contribution in [0.4, 0.5) is 14.7 Å². The van der Waals surface area contributed by atoms with Gasteiger partial charge in [-0.3, -0.25) is 4.79 Å². The number of methoxy groups -OCH3 is 2. The van der Waals surface area contributed by atoms with E-state index in [0.29, 0.717) is 0 Å². The number of carbonyl (C=O) groups excluding carboxylic acids is 1. The first kappa shape index (κ1) is 21.3. The van der Waals surface area contributed by atoms with Crippen LogP contribution >= 0.6 is 0 Å². The van der Waals surface area contributed by atoms with E-state index in [4.69, 9.17) is 31.4 Å². The van der Waals surface area contributed by atoms with E-state index < -0.39 is 24.1 Å². The Hall–Kier alpha value is -3.96. The summed E-state index contributed by atoms with van der Waals surface area (Å²) < 4.78 is 43.7. The predicted octanol–water partition coefficient (Wildman–Crippen LogP) is 0.668. The maximum absolute atomic E-state index is 14.3. The fraction of sp³-hybridized carbons (Fsp3) is 0.176. The van der Waals surface area contributed by atoms with E-state index >= 15 is 0 Å². The first-order chi connectivity index (χ1) is 13.8. The maximum atomic E-state index is 14.3. The molecule has 0 aliphatic rings. The largest absolute Gasteiger partial charge is 0.494 e. The molecule has 2 rings (SSSR count). The van der Waals surface area contributed by atoms with Gasteiger partial charge in [-0.15, -0.1) is 0 Å². The number of aromatic nitrogens is 2. The summed E-state index contributed by atoms with van der Waals surface area (Å²) >= 11 is 0. The van der Waals surface area contributed by atoms with E-state index in [0.717, 1.165) is 12.1 Å². The number of nitrogens with two attached hydrogens (primary N) is 3. The lowest BCUT2D eigenvalue weighted by Crippen LogP contribution is -2.23.